The Hall–Kier alpha value is -1.24. The van der Waals surface area contributed by atoms with Gasteiger partial charge in [0, 0.05) is 6.42 Å². The van der Waals surface area contributed by atoms with Crippen molar-refractivity contribution in [1.82, 2.24) is 5.32 Å². The zero-order chi connectivity index (χ0) is 12.7. The summed E-state index contributed by atoms with van der Waals surface area (Å²) >= 11 is 0. The van der Waals surface area contributed by atoms with Gasteiger partial charge in [-0.1, -0.05) is 6.42 Å². The van der Waals surface area contributed by atoms with Crippen molar-refractivity contribution < 1.29 is 9.53 Å². The number of alkyl carbamates (subject to hydrolysis) is 1. The van der Waals surface area contributed by atoms with Crippen LogP contribution >= 0.6 is 0 Å². The van der Waals surface area contributed by atoms with Gasteiger partial charge in [0.1, 0.15) is 5.60 Å². The third kappa shape index (κ3) is 2.11. The van der Waals surface area contributed by atoms with Crippen LogP contribution in [0.3, 0.4) is 0 Å². The van der Waals surface area contributed by atoms with E-state index in [2.05, 4.69) is 10.2 Å². The van der Waals surface area contributed by atoms with Crippen LogP contribution in [-0.2, 0) is 4.74 Å². The molecular formula is C13H20N2O2. The van der Waals surface area contributed by atoms with Crippen molar-refractivity contribution in [2.75, 3.05) is 0 Å². The van der Waals surface area contributed by atoms with Gasteiger partial charge >= 0.3 is 6.09 Å². The molecular weight excluding hydrogens is 216 g/mol. The molecule has 0 aromatic carbocycles. The number of rotatable bonds is 1. The molecule has 1 spiro atoms. The van der Waals surface area contributed by atoms with Crippen molar-refractivity contribution in [3.8, 4) is 0 Å². The van der Waals surface area contributed by atoms with Crippen LogP contribution in [-0.4, -0.2) is 23.8 Å². The summed E-state index contributed by atoms with van der Waals surface area (Å²) in [6.45, 7) is 12.7. The average molecular weight is 236 g/mol. The van der Waals surface area contributed by atoms with Crippen LogP contribution in [0, 0.1) is 12.0 Å². The van der Waals surface area contributed by atoms with E-state index < -0.39 is 5.60 Å². The third-order valence-electron chi connectivity index (χ3n) is 3.95. The minimum absolute atomic E-state index is 0.0681. The topological polar surface area (TPSA) is 42.7 Å². The highest BCUT2D eigenvalue weighted by Crippen LogP contribution is 2.57. The number of hydrogen-bond acceptors (Lipinski definition) is 2. The highest BCUT2D eigenvalue weighted by Gasteiger charge is 2.63. The lowest BCUT2D eigenvalue weighted by Gasteiger charge is -2.55. The lowest BCUT2D eigenvalue weighted by atomic mass is 9.50. The SMILES string of the molecule is [C-]#[N+]C1CC(NC(=O)OC(C)(C)C)C12CCC2. The maximum atomic E-state index is 11.7. The van der Waals surface area contributed by atoms with Gasteiger partial charge in [0.25, 0.3) is 0 Å². The van der Waals surface area contributed by atoms with Crippen LogP contribution in [0.4, 0.5) is 4.79 Å². The van der Waals surface area contributed by atoms with Crippen LogP contribution < -0.4 is 5.32 Å². The first-order chi connectivity index (χ1) is 7.87. The number of hydrogen-bond donors (Lipinski definition) is 1. The van der Waals surface area contributed by atoms with E-state index in [-0.39, 0.29) is 23.6 Å². The number of ether oxygens (including phenoxy) is 1. The fraction of sp³-hybridized carbons (Fsp3) is 0.846. The Morgan fingerprint density at radius 3 is 2.53 bits per heavy atom. The quantitative estimate of drug-likeness (QED) is 0.711. The smallest absolute Gasteiger partial charge is 0.407 e. The van der Waals surface area contributed by atoms with Crippen LogP contribution in [0.2, 0.25) is 0 Å². The molecule has 0 aliphatic heterocycles. The minimum atomic E-state index is -0.459. The predicted octanol–water partition coefficient (Wildman–Crippen LogP) is 2.74. The predicted molar refractivity (Wildman–Crippen MR) is 64.4 cm³/mol. The standard InChI is InChI=1S/C13H20N2O2/c1-12(2,3)17-11(16)15-10-8-9(14-4)13(10)6-5-7-13/h9-10H,5-8H2,1-3H3,(H,15,16). The Morgan fingerprint density at radius 1 is 1.47 bits per heavy atom. The lowest BCUT2D eigenvalue weighted by molar-refractivity contribution is -0.0321. The van der Waals surface area contributed by atoms with Crippen molar-refractivity contribution in [2.45, 2.75) is 64.1 Å². The lowest BCUT2D eigenvalue weighted by Crippen LogP contribution is -2.66. The molecule has 2 unspecified atom stereocenters. The van der Waals surface area contributed by atoms with Gasteiger partial charge in [-0.15, -0.1) is 0 Å². The largest absolute Gasteiger partial charge is 0.444 e. The first kappa shape index (κ1) is 12.2. The van der Waals surface area contributed by atoms with Gasteiger partial charge in [-0.2, -0.15) is 0 Å². The first-order valence-electron chi connectivity index (χ1n) is 6.23. The Bertz CT molecular complexity index is 361. The van der Waals surface area contributed by atoms with Crippen molar-refractivity contribution in [2.24, 2.45) is 5.41 Å². The fourth-order valence-electron chi connectivity index (χ4n) is 2.86. The summed E-state index contributed by atoms with van der Waals surface area (Å²) in [4.78, 5) is 15.3. The van der Waals surface area contributed by atoms with Gasteiger partial charge in [-0.3, -0.25) is 0 Å². The summed E-state index contributed by atoms with van der Waals surface area (Å²) in [6.07, 6.45) is 3.75. The average Bonchev–Trinajstić information content (AvgIpc) is 2.05. The maximum Gasteiger partial charge on any atom is 0.407 e. The van der Waals surface area contributed by atoms with E-state index >= 15 is 0 Å². The van der Waals surface area contributed by atoms with Gasteiger partial charge < -0.3 is 14.9 Å². The molecule has 0 bridgehead atoms. The summed E-state index contributed by atoms with van der Waals surface area (Å²) in [5, 5.41) is 2.93. The molecule has 2 aliphatic carbocycles. The highest BCUT2D eigenvalue weighted by molar-refractivity contribution is 5.68. The van der Waals surface area contributed by atoms with E-state index in [1.54, 1.807) is 0 Å². The monoisotopic (exact) mass is 236 g/mol. The van der Waals surface area contributed by atoms with E-state index in [1.165, 1.54) is 6.42 Å². The molecule has 0 aromatic rings. The molecule has 0 aromatic heterocycles. The van der Waals surface area contributed by atoms with E-state index in [4.69, 9.17) is 11.3 Å². The summed E-state index contributed by atoms with van der Waals surface area (Å²) in [5.74, 6) is 0. The van der Waals surface area contributed by atoms with Gasteiger partial charge in [0.05, 0.1) is 11.5 Å². The van der Waals surface area contributed by atoms with Crippen LogP contribution in [0.25, 0.3) is 4.85 Å². The first-order valence-corrected chi connectivity index (χ1v) is 6.23. The van der Waals surface area contributed by atoms with E-state index in [1.807, 2.05) is 20.8 Å². The van der Waals surface area contributed by atoms with Crippen LogP contribution in [0.5, 0.6) is 0 Å². The van der Waals surface area contributed by atoms with Crippen LogP contribution in [0.15, 0.2) is 0 Å². The molecule has 1 amide bonds. The fourth-order valence-corrected chi connectivity index (χ4v) is 2.86. The molecule has 94 valence electrons. The molecule has 0 saturated heterocycles. The number of nitrogens with one attached hydrogen (secondary N) is 1. The van der Waals surface area contributed by atoms with Crippen molar-refractivity contribution in [3.63, 3.8) is 0 Å². The highest BCUT2D eigenvalue weighted by atomic mass is 16.6. The number of amides is 1. The second-order valence-corrected chi connectivity index (χ2v) is 6.17. The number of carbonyl (C=O) groups excluding carboxylic acids is 1. The summed E-state index contributed by atoms with van der Waals surface area (Å²) in [7, 11) is 0. The molecule has 0 radical (unpaired) electrons. The van der Waals surface area contributed by atoms with E-state index in [0.29, 0.717) is 0 Å². The second kappa shape index (κ2) is 3.90. The molecule has 2 aliphatic rings. The molecule has 2 saturated carbocycles. The van der Waals surface area contributed by atoms with Gasteiger partial charge in [0.2, 0.25) is 6.04 Å². The van der Waals surface area contributed by atoms with Crippen LogP contribution in [0.1, 0.15) is 46.5 Å². The van der Waals surface area contributed by atoms with Crippen molar-refractivity contribution in [3.05, 3.63) is 11.4 Å². The molecule has 1 N–H and O–H groups in total. The molecule has 17 heavy (non-hydrogen) atoms. The van der Waals surface area contributed by atoms with Gasteiger partial charge in [-0.25, -0.2) is 11.4 Å². The molecule has 2 fully saturated rings. The summed E-state index contributed by atoms with van der Waals surface area (Å²) in [6, 6.07) is 0.251. The van der Waals surface area contributed by atoms with Gasteiger partial charge in [-0.05, 0) is 33.6 Å². The number of carbonyl (C=O) groups is 1. The molecule has 4 heteroatoms. The zero-order valence-corrected chi connectivity index (χ0v) is 10.7. The molecule has 4 nitrogen and oxygen atoms in total. The molecule has 2 rings (SSSR count). The summed E-state index contributed by atoms with van der Waals surface area (Å²) in [5.41, 5.74) is -0.390. The third-order valence-corrected chi connectivity index (χ3v) is 3.95. The Kier molecular flexibility index (Phi) is 2.81. The van der Waals surface area contributed by atoms with Crippen molar-refractivity contribution >= 4 is 6.09 Å². The minimum Gasteiger partial charge on any atom is -0.444 e. The normalized spacial score (nSPS) is 29.8. The van der Waals surface area contributed by atoms with Gasteiger partial charge in [0.15, 0.2) is 0 Å². The van der Waals surface area contributed by atoms with E-state index in [9.17, 15) is 4.79 Å². The van der Waals surface area contributed by atoms with Crippen molar-refractivity contribution in [1.29, 1.82) is 0 Å². The molecule has 0 heterocycles. The Morgan fingerprint density at radius 2 is 2.12 bits per heavy atom. The number of nitrogens with zero attached hydrogens (tertiary/aromatic N) is 1. The second-order valence-electron chi connectivity index (χ2n) is 6.17. The zero-order valence-electron chi connectivity index (χ0n) is 10.7. The molecule has 2 atom stereocenters. The summed E-state index contributed by atoms with van der Waals surface area (Å²) < 4.78 is 5.25. The van der Waals surface area contributed by atoms with E-state index in [0.717, 1.165) is 19.3 Å². The Balaban J connectivity index is 1.89. The maximum absolute atomic E-state index is 11.7. The Labute approximate surface area is 103 Å².